The summed E-state index contributed by atoms with van der Waals surface area (Å²) in [5, 5.41) is 12.9. The molecule has 0 unspecified atom stereocenters. The van der Waals surface area contributed by atoms with Crippen molar-refractivity contribution in [3.8, 4) is 0 Å². The molecule has 0 aliphatic heterocycles. The number of rotatable bonds is 6. The van der Waals surface area contributed by atoms with Gasteiger partial charge in [0, 0.05) is 24.9 Å². The zero-order valence-electron chi connectivity index (χ0n) is 14.8. The van der Waals surface area contributed by atoms with E-state index in [1.807, 2.05) is 6.07 Å². The number of hydrogen-bond acceptors (Lipinski definition) is 5. The molecule has 2 aromatic carbocycles. The van der Waals surface area contributed by atoms with E-state index in [9.17, 15) is 14.4 Å². The normalized spacial score (nSPS) is 10.8. The van der Waals surface area contributed by atoms with E-state index in [1.165, 1.54) is 34.5 Å². The Morgan fingerprint density at radius 1 is 1.25 bits per heavy atom. The average molecular weight is 418 g/mol. The second kappa shape index (κ2) is 8.45. The van der Waals surface area contributed by atoms with Gasteiger partial charge in [-0.15, -0.1) is 0 Å². The lowest BCUT2D eigenvalue weighted by atomic mass is 10.2. The summed E-state index contributed by atoms with van der Waals surface area (Å²) < 4.78 is 1.46. The summed E-state index contributed by atoms with van der Waals surface area (Å²) in [6, 6.07) is 11.4. The average Bonchev–Trinajstić information content (AvgIpc) is 2.67. The smallest absolute Gasteiger partial charge is 0.337 e. The Bertz CT molecular complexity index is 1130. The van der Waals surface area contributed by atoms with E-state index >= 15 is 0 Å². The zero-order valence-corrected chi connectivity index (χ0v) is 16.4. The number of thioether (sulfide) groups is 1. The molecule has 0 aliphatic carbocycles. The topological polar surface area (TPSA) is 101 Å². The van der Waals surface area contributed by atoms with E-state index in [2.05, 4.69) is 10.3 Å². The molecule has 0 spiro atoms. The van der Waals surface area contributed by atoms with Crippen LogP contribution in [0, 0.1) is 0 Å². The lowest BCUT2D eigenvalue weighted by Gasteiger charge is -2.09. The summed E-state index contributed by atoms with van der Waals surface area (Å²) >= 11 is 7.12. The van der Waals surface area contributed by atoms with Gasteiger partial charge in [0.15, 0.2) is 5.16 Å². The number of benzene rings is 2. The molecule has 0 radical (unpaired) electrons. The summed E-state index contributed by atoms with van der Waals surface area (Å²) in [5.41, 5.74) is 0.747. The maximum atomic E-state index is 12.4. The highest BCUT2D eigenvalue weighted by Crippen LogP contribution is 2.21. The summed E-state index contributed by atoms with van der Waals surface area (Å²) in [4.78, 5) is 40.1. The fourth-order valence-corrected chi connectivity index (χ4v) is 3.66. The lowest BCUT2D eigenvalue weighted by Crippen LogP contribution is -2.20. The first-order valence-corrected chi connectivity index (χ1v) is 9.64. The van der Waals surface area contributed by atoms with Gasteiger partial charge in [0.25, 0.3) is 5.56 Å². The Kier molecular flexibility index (Phi) is 6.01. The van der Waals surface area contributed by atoms with E-state index in [1.54, 1.807) is 25.2 Å². The van der Waals surface area contributed by atoms with Crippen LogP contribution in [-0.4, -0.2) is 32.3 Å². The maximum Gasteiger partial charge on any atom is 0.337 e. The van der Waals surface area contributed by atoms with E-state index in [-0.39, 0.29) is 28.5 Å². The molecule has 1 aromatic heterocycles. The molecular formula is C19H16ClN3O4S. The quantitative estimate of drug-likeness (QED) is 0.470. The highest BCUT2D eigenvalue weighted by molar-refractivity contribution is 7.99. The number of nitrogens with one attached hydrogen (secondary N) is 1. The minimum atomic E-state index is -1.17. The molecule has 2 N–H and O–H groups in total. The molecule has 9 heteroatoms. The van der Waals surface area contributed by atoms with Gasteiger partial charge in [0.1, 0.15) is 0 Å². The first kappa shape index (κ1) is 19.9. The van der Waals surface area contributed by atoms with Crippen molar-refractivity contribution in [2.45, 2.75) is 11.6 Å². The van der Waals surface area contributed by atoms with Crippen molar-refractivity contribution in [3.63, 3.8) is 0 Å². The van der Waals surface area contributed by atoms with Crippen molar-refractivity contribution >= 4 is 51.8 Å². The fraction of sp³-hybridized carbons (Fsp3) is 0.158. The molecule has 0 saturated heterocycles. The number of carbonyl (C=O) groups is 2. The number of carboxylic acids is 1. The molecule has 0 atom stereocenters. The number of nitrogens with zero attached hydrogens (tertiary/aromatic N) is 2. The Morgan fingerprint density at radius 3 is 2.75 bits per heavy atom. The van der Waals surface area contributed by atoms with Crippen molar-refractivity contribution in [2.75, 3.05) is 11.1 Å². The van der Waals surface area contributed by atoms with Crippen molar-refractivity contribution < 1.29 is 14.7 Å². The molecule has 144 valence electrons. The first-order valence-electron chi connectivity index (χ1n) is 8.28. The number of para-hydroxylation sites is 1. The Morgan fingerprint density at radius 2 is 2.00 bits per heavy atom. The summed E-state index contributed by atoms with van der Waals surface area (Å²) in [7, 11) is 1.64. The van der Waals surface area contributed by atoms with Crippen LogP contribution in [0.4, 0.5) is 5.69 Å². The Balaban J connectivity index is 1.64. The number of amides is 1. The number of carboxylic acid groups (broad SMARTS) is 1. The van der Waals surface area contributed by atoms with Gasteiger partial charge in [-0.25, -0.2) is 9.78 Å². The first-order chi connectivity index (χ1) is 13.4. The summed E-state index contributed by atoms with van der Waals surface area (Å²) in [6.45, 7) is 0. The molecule has 3 aromatic rings. The number of carbonyl (C=O) groups excluding carboxylic acids is 1. The minimum absolute atomic E-state index is 0.0794. The maximum absolute atomic E-state index is 12.4. The molecule has 0 fully saturated rings. The summed E-state index contributed by atoms with van der Waals surface area (Å²) in [6.07, 6.45) is 0.165. The van der Waals surface area contributed by atoms with Crippen molar-refractivity contribution in [3.05, 3.63) is 63.4 Å². The van der Waals surface area contributed by atoms with Gasteiger partial charge in [0.2, 0.25) is 5.91 Å². The number of halogens is 1. The Labute approximate surface area is 169 Å². The van der Waals surface area contributed by atoms with Gasteiger partial charge in [-0.1, -0.05) is 35.5 Å². The number of hydrogen-bond donors (Lipinski definition) is 2. The largest absolute Gasteiger partial charge is 0.478 e. The van der Waals surface area contributed by atoms with Crippen molar-refractivity contribution in [1.82, 2.24) is 9.55 Å². The predicted molar refractivity (Wildman–Crippen MR) is 109 cm³/mol. The van der Waals surface area contributed by atoms with Crippen LogP contribution in [0.25, 0.3) is 10.9 Å². The van der Waals surface area contributed by atoms with Crippen LogP contribution in [0.2, 0.25) is 5.02 Å². The summed E-state index contributed by atoms with van der Waals surface area (Å²) in [5.74, 6) is -1.04. The Hall–Kier alpha value is -2.84. The van der Waals surface area contributed by atoms with Gasteiger partial charge in [-0.2, -0.15) is 0 Å². The SMILES string of the molecule is Cn1c(SCCC(=O)Nc2ccc(Cl)c(C(=O)O)c2)nc2ccccc2c1=O. The van der Waals surface area contributed by atoms with Crippen LogP contribution < -0.4 is 10.9 Å². The van der Waals surface area contributed by atoms with E-state index in [0.717, 1.165) is 0 Å². The second-order valence-corrected chi connectivity index (χ2v) is 7.39. The third kappa shape index (κ3) is 4.35. The zero-order chi connectivity index (χ0) is 20.3. The lowest BCUT2D eigenvalue weighted by molar-refractivity contribution is -0.115. The molecule has 0 aliphatic rings. The van der Waals surface area contributed by atoms with Gasteiger partial charge in [0.05, 0.1) is 21.5 Å². The predicted octanol–water partition coefficient (Wildman–Crippen LogP) is 3.41. The van der Waals surface area contributed by atoms with E-state index in [0.29, 0.717) is 27.5 Å². The van der Waals surface area contributed by atoms with Gasteiger partial charge >= 0.3 is 5.97 Å². The van der Waals surface area contributed by atoms with Crippen molar-refractivity contribution in [2.24, 2.45) is 7.05 Å². The molecule has 1 heterocycles. The standard InChI is InChI=1S/C19H16ClN3O4S/c1-23-17(25)12-4-2-3-5-15(12)22-19(23)28-9-8-16(24)21-11-6-7-14(20)13(10-11)18(26)27/h2-7,10H,8-9H2,1H3,(H,21,24)(H,26,27). The minimum Gasteiger partial charge on any atom is -0.478 e. The van der Waals surface area contributed by atoms with E-state index in [4.69, 9.17) is 16.7 Å². The molecule has 28 heavy (non-hydrogen) atoms. The monoisotopic (exact) mass is 417 g/mol. The number of anilines is 1. The molecule has 1 amide bonds. The highest BCUT2D eigenvalue weighted by Gasteiger charge is 2.12. The molecule has 7 nitrogen and oxygen atoms in total. The molecule has 0 saturated carbocycles. The second-order valence-electron chi connectivity index (χ2n) is 5.92. The van der Waals surface area contributed by atoms with Gasteiger partial charge < -0.3 is 10.4 Å². The van der Waals surface area contributed by atoms with Crippen LogP contribution in [0.15, 0.2) is 52.4 Å². The van der Waals surface area contributed by atoms with Crippen LogP contribution in [0.3, 0.4) is 0 Å². The third-order valence-electron chi connectivity index (χ3n) is 3.98. The van der Waals surface area contributed by atoms with E-state index < -0.39 is 5.97 Å². The van der Waals surface area contributed by atoms with Crippen LogP contribution in [0.1, 0.15) is 16.8 Å². The molecule has 3 rings (SSSR count). The van der Waals surface area contributed by atoms with Crippen molar-refractivity contribution in [1.29, 1.82) is 0 Å². The highest BCUT2D eigenvalue weighted by atomic mass is 35.5. The molecular weight excluding hydrogens is 402 g/mol. The molecule has 0 bridgehead atoms. The third-order valence-corrected chi connectivity index (χ3v) is 5.34. The number of fused-ring (bicyclic) bond motifs is 1. The van der Waals surface area contributed by atoms with Crippen LogP contribution in [-0.2, 0) is 11.8 Å². The number of aromatic nitrogens is 2. The fourth-order valence-electron chi connectivity index (χ4n) is 2.55. The van der Waals surface area contributed by atoms with Gasteiger partial charge in [-0.05, 0) is 30.3 Å². The van der Waals surface area contributed by atoms with Crippen LogP contribution >= 0.6 is 23.4 Å². The number of aromatic carboxylic acids is 1. The van der Waals surface area contributed by atoms with Gasteiger partial charge in [-0.3, -0.25) is 14.2 Å². The van der Waals surface area contributed by atoms with Crippen LogP contribution in [0.5, 0.6) is 0 Å².